The van der Waals surface area contributed by atoms with Gasteiger partial charge in [0.1, 0.15) is 29.3 Å². The molecule has 60 heavy (non-hydrogen) atoms. The van der Waals surface area contributed by atoms with Gasteiger partial charge in [-0.1, -0.05) is 31.9 Å². The number of nitrogens with one attached hydrogen (secondary N) is 4. The number of unbranched alkanes of at least 4 members (excludes halogenated alkanes) is 1. The number of likely N-dealkylation sites (N-methyl/N-ethyl adjacent to an activating group) is 1. The molecule has 1 aliphatic carbocycles. The Bertz CT molecular complexity index is 2140. The maximum absolute atomic E-state index is 13.3. The van der Waals surface area contributed by atoms with Crippen molar-refractivity contribution in [2.75, 3.05) is 48.9 Å². The minimum absolute atomic E-state index is 0.0776. The summed E-state index contributed by atoms with van der Waals surface area (Å²) in [6, 6.07) is 9.88. The highest BCUT2D eigenvalue weighted by Gasteiger charge is 2.42. The molecule has 0 bridgehead atoms. The fourth-order valence-electron chi connectivity index (χ4n) is 8.80. The summed E-state index contributed by atoms with van der Waals surface area (Å²) >= 11 is 0. The number of piperidine rings is 1. The van der Waals surface area contributed by atoms with Crippen molar-refractivity contribution in [2.24, 2.45) is 0 Å². The molecule has 1 saturated heterocycles. The Labute approximate surface area is 350 Å². The number of anilines is 3. The van der Waals surface area contributed by atoms with Crippen LogP contribution in [0.15, 0.2) is 42.6 Å². The summed E-state index contributed by atoms with van der Waals surface area (Å²) in [5, 5.41) is 11.6. The molecule has 1 unspecified atom stereocenters. The van der Waals surface area contributed by atoms with Crippen molar-refractivity contribution in [3.8, 4) is 5.75 Å². The van der Waals surface area contributed by atoms with Crippen LogP contribution in [-0.4, -0.2) is 102 Å². The van der Waals surface area contributed by atoms with Crippen molar-refractivity contribution >= 4 is 52.6 Å². The number of aromatic nitrogens is 2. The van der Waals surface area contributed by atoms with Gasteiger partial charge >= 0.3 is 0 Å². The van der Waals surface area contributed by atoms with Crippen LogP contribution in [0.1, 0.15) is 115 Å². The van der Waals surface area contributed by atoms with Crippen LogP contribution in [0.25, 0.3) is 0 Å². The molecule has 16 heteroatoms. The number of rotatable bonds is 17. The normalized spacial score (nSPS) is 19.0. The van der Waals surface area contributed by atoms with Crippen LogP contribution < -0.4 is 35.8 Å². The van der Waals surface area contributed by atoms with E-state index in [9.17, 15) is 28.8 Å². The first-order valence-electron chi connectivity index (χ1n) is 21.2. The van der Waals surface area contributed by atoms with Gasteiger partial charge < -0.3 is 35.4 Å². The second-order valence-corrected chi connectivity index (χ2v) is 16.0. The first kappa shape index (κ1) is 42.2. The van der Waals surface area contributed by atoms with Crippen LogP contribution in [-0.2, 0) is 32.1 Å². The minimum Gasteiger partial charge on any atom is -0.496 e. The van der Waals surface area contributed by atoms with Crippen LogP contribution in [0, 0.1) is 0 Å². The number of benzene rings is 2. The molecule has 0 radical (unpaired) electrons. The summed E-state index contributed by atoms with van der Waals surface area (Å²) in [5.74, 6) is 0.636. The Hall–Kier alpha value is -5.90. The monoisotopic (exact) mass is 821 g/mol. The first-order valence-corrected chi connectivity index (χ1v) is 21.2. The van der Waals surface area contributed by atoms with E-state index in [1.165, 1.54) is 4.90 Å². The van der Waals surface area contributed by atoms with Crippen LogP contribution >= 0.6 is 0 Å². The molecule has 6 amide bonds. The number of hydrogen-bond donors (Lipinski definition) is 4. The van der Waals surface area contributed by atoms with Crippen LogP contribution in [0.3, 0.4) is 0 Å². The summed E-state index contributed by atoms with van der Waals surface area (Å²) in [7, 11) is 3.38. The molecule has 3 aromatic rings. The van der Waals surface area contributed by atoms with Gasteiger partial charge in [0.25, 0.3) is 11.8 Å². The molecule has 318 valence electrons. The fourth-order valence-corrected chi connectivity index (χ4v) is 8.80. The lowest BCUT2D eigenvalue weighted by molar-refractivity contribution is -0.137. The molecule has 4 heterocycles. The number of hydrogen-bond acceptors (Lipinski definition) is 11. The predicted molar refractivity (Wildman–Crippen MR) is 225 cm³/mol. The maximum atomic E-state index is 13.3. The van der Waals surface area contributed by atoms with E-state index in [1.54, 1.807) is 55.6 Å². The van der Waals surface area contributed by atoms with Gasteiger partial charge in [-0.25, -0.2) is 9.97 Å². The minimum atomic E-state index is -0.716. The summed E-state index contributed by atoms with van der Waals surface area (Å²) in [5.41, 5.74) is 3.76. The van der Waals surface area contributed by atoms with Gasteiger partial charge in [0.15, 0.2) is 5.82 Å². The van der Waals surface area contributed by atoms with Crippen LogP contribution in [0.2, 0.25) is 0 Å². The van der Waals surface area contributed by atoms with Crippen LogP contribution in [0.5, 0.6) is 5.75 Å². The van der Waals surface area contributed by atoms with Crippen LogP contribution in [0.4, 0.5) is 17.2 Å². The topological polar surface area (TPSA) is 195 Å². The highest BCUT2D eigenvalue weighted by atomic mass is 16.5. The molecule has 1 aromatic heterocycles. The largest absolute Gasteiger partial charge is 0.496 e. The first-order chi connectivity index (χ1) is 29.1. The van der Waals surface area contributed by atoms with Gasteiger partial charge in [-0.15, -0.1) is 0 Å². The number of methoxy groups -OCH3 is 1. The Morgan fingerprint density at radius 1 is 0.983 bits per heavy atom. The summed E-state index contributed by atoms with van der Waals surface area (Å²) in [6.45, 7) is 4.14. The Morgan fingerprint density at radius 3 is 2.55 bits per heavy atom. The second kappa shape index (κ2) is 19.0. The number of carbonyl (C=O) groups is 6. The molecule has 1 saturated carbocycles. The molecule has 7 rings (SSSR count). The third-order valence-corrected chi connectivity index (χ3v) is 12.0. The highest BCUT2D eigenvalue weighted by molar-refractivity contribution is 6.07. The zero-order valence-electron chi connectivity index (χ0n) is 34.7. The smallest absolute Gasteiger partial charge is 0.255 e. The zero-order valence-corrected chi connectivity index (χ0v) is 34.7. The Kier molecular flexibility index (Phi) is 13.4. The second-order valence-electron chi connectivity index (χ2n) is 16.0. The van der Waals surface area contributed by atoms with E-state index in [4.69, 9.17) is 9.72 Å². The summed E-state index contributed by atoms with van der Waals surface area (Å²) < 4.78 is 5.71. The predicted octanol–water partition coefficient (Wildman–Crippen LogP) is 3.86. The van der Waals surface area contributed by atoms with Crippen molar-refractivity contribution in [1.29, 1.82) is 0 Å². The number of ether oxygens (including phenoxy) is 1. The zero-order chi connectivity index (χ0) is 42.3. The standard InChI is InChI=1S/C44H55N9O7/c1-4-33-44(59)51(2)35-25-47-37(49-40(35)53(33)29-11-5-6-12-29)24-27-16-17-28(23-36(27)60-3)41(56)46-22-10-21-45-20-8-7-15-38(54)48-32-14-9-13-30-31(32)26-52(43(30)58)34-18-19-39(55)50-42(34)57/h9,13-14,16-17,23,25,29,33-34,45H,4-8,10-12,15,18-22,24,26H2,1-3H3,(H,46,56)(H,48,54)(H,50,55,57)/t33-,34?/m1/s1. The van der Waals surface area contributed by atoms with E-state index in [1.807, 2.05) is 13.0 Å². The molecule has 0 spiro atoms. The molecule has 4 N–H and O–H groups in total. The molecular formula is C44H55N9O7. The van der Waals surface area contributed by atoms with Gasteiger partial charge in [0.2, 0.25) is 23.6 Å². The number of nitrogens with zero attached hydrogens (tertiary/aromatic N) is 5. The van der Waals surface area contributed by atoms with E-state index in [0.29, 0.717) is 72.7 Å². The van der Waals surface area contributed by atoms with Crippen molar-refractivity contribution < 1.29 is 33.5 Å². The fraction of sp³-hybridized carbons (Fsp3) is 0.500. The molecule has 2 aromatic carbocycles. The Morgan fingerprint density at radius 2 is 1.78 bits per heavy atom. The summed E-state index contributed by atoms with van der Waals surface area (Å²) in [4.78, 5) is 91.2. The molecule has 4 aliphatic rings. The summed E-state index contributed by atoms with van der Waals surface area (Å²) in [6.07, 6.45) is 10.2. The highest BCUT2D eigenvalue weighted by Crippen LogP contribution is 2.40. The lowest BCUT2D eigenvalue weighted by Crippen LogP contribution is -2.55. The Balaban J connectivity index is 0.819. The number of fused-ring (bicyclic) bond motifs is 2. The van der Waals surface area contributed by atoms with E-state index in [0.717, 1.165) is 62.1 Å². The number of imide groups is 1. The lowest BCUT2D eigenvalue weighted by atomic mass is 10.0. The maximum Gasteiger partial charge on any atom is 0.255 e. The third-order valence-electron chi connectivity index (χ3n) is 12.0. The molecule has 3 aliphatic heterocycles. The van der Waals surface area contributed by atoms with Crippen molar-refractivity contribution in [3.63, 3.8) is 0 Å². The average Bonchev–Trinajstić information content (AvgIpc) is 3.90. The van der Waals surface area contributed by atoms with Crippen molar-refractivity contribution in [3.05, 3.63) is 70.7 Å². The van der Waals surface area contributed by atoms with E-state index < -0.39 is 11.9 Å². The third kappa shape index (κ3) is 9.13. The molecule has 16 nitrogen and oxygen atoms in total. The SMILES string of the molecule is CC[C@@H]1C(=O)N(C)c2cnc(Cc3ccc(C(=O)NCCCNCCCCC(=O)Nc4cccc5c4CN(C4CCC(=O)NC4=O)C5=O)cc3OC)nc2N1C1CCCC1. The van der Waals surface area contributed by atoms with Gasteiger partial charge in [-0.3, -0.25) is 34.1 Å². The van der Waals surface area contributed by atoms with Gasteiger partial charge in [-0.2, -0.15) is 0 Å². The van der Waals surface area contributed by atoms with E-state index >= 15 is 0 Å². The molecular weight excluding hydrogens is 767 g/mol. The van der Waals surface area contributed by atoms with E-state index in [2.05, 4.69) is 31.2 Å². The van der Waals surface area contributed by atoms with Crippen molar-refractivity contribution in [1.82, 2.24) is 30.8 Å². The quantitative estimate of drug-likeness (QED) is 0.114. The molecule has 2 atom stereocenters. The van der Waals surface area contributed by atoms with Gasteiger partial charge in [-0.05, 0) is 82.3 Å². The lowest BCUT2D eigenvalue weighted by Gasteiger charge is -2.43. The van der Waals surface area contributed by atoms with E-state index in [-0.39, 0.29) is 61.0 Å². The van der Waals surface area contributed by atoms with Gasteiger partial charge in [0, 0.05) is 73.4 Å². The average molecular weight is 822 g/mol. The van der Waals surface area contributed by atoms with Crippen molar-refractivity contribution in [2.45, 2.75) is 109 Å². The molecule has 2 fully saturated rings. The number of amides is 6. The number of carbonyl (C=O) groups excluding carboxylic acids is 6. The van der Waals surface area contributed by atoms with Gasteiger partial charge in [0.05, 0.1) is 13.3 Å².